The molecular weight excluding hydrogens is 284 g/mol. The minimum atomic E-state index is -1.96. The van der Waals surface area contributed by atoms with Crippen LogP contribution < -0.4 is 11.5 Å². The Hall–Kier alpha value is -1.10. The third-order valence-electron chi connectivity index (χ3n) is 2.86. The van der Waals surface area contributed by atoms with Gasteiger partial charge >= 0.3 is 5.97 Å². The number of carbonyl (C=O) groups excluding carboxylic acids is 2. The summed E-state index contributed by atoms with van der Waals surface area (Å²) in [6.07, 6.45) is -3.78. The highest BCUT2D eigenvalue weighted by molar-refractivity contribution is 5.87. The van der Waals surface area contributed by atoms with Crippen LogP contribution in [0.3, 0.4) is 0 Å². The van der Waals surface area contributed by atoms with E-state index in [2.05, 4.69) is 4.74 Å². The maximum absolute atomic E-state index is 11.5. The summed E-state index contributed by atoms with van der Waals surface area (Å²) in [5.74, 6) is -1.80. The molecule has 0 aromatic carbocycles. The molecule has 9 heteroatoms. The summed E-state index contributed by atoms with van der Waals surface area (Å²) in [6, 6.07) is -0.894. The third-order valence-corrected chi connectivity index (χ3v) is 2.86. The van der Waals surface area contributed by atoms with E-state index in [0.29, 0.717) is 25.8 Å². The fourth-order valence-corrected chi connectivity index (χ4v) is 1.47. The zero-order valence-corrected chi connectivity index (χ0v) is 11.7. The maximum atomic E-state index is 11.5. The fraction of sp³-hybridized carbons (Fsp3) is 0.833. The zero-order valence-electron chi connectivity index (χ0n) is 11.7. The van der Waals surface area contributed by atoms with Crippen LogP contribution in [-0.4, -0.2) is 76.3 Å². The van der Waals surface area contributed by atoms with Gasteiger partial charge in [-0.2, -0.15) is 0 Å². The van der Waals surface area contributed by atoms with E-state index in [4.69, 9.17) is 21.7 Å². The Morgan fingerprint density at radius 1 is 1.14 bits per heavy atom. The molecule has 0 aliphatic rings. The summed E-state index contributed by atoms with van der Waals surface area (Å²) in [5, 5.41) is 36.4. The van der Waals surface area contributed by atoms with Gasteiger partial charge in [0.05, 0.1) is 6.61 Å². The molecule has 8 N–H and O–H groups in total. The van der Waals surface area contributed by atoms with Gasteiger partial charge in [0.15, 0.2) is 6.61 Å². The number of unbranched alkanes of at least 4 members (excludes halogenated alkanes) is 1. The second kappa shape index (κ2) is 10.6. The van der Waals surface area contributed by atoms with Gasteiger partial charge in [0.2, 0.25) is 5.78 Å². The SMILES string of the molecule is NCCCC[C@H](N)C(=O)OCC(=O)[C@@H](O)[C@H](O)[C@H](O)CO. The molecule has 0 aliphatic carbocycles. The molecule has 0 fully saturated rings. The molecule has 124 valence electrons. The quantitative estimate of drug-likeness (QED) is 0.168. The first-order chi connectivity index (χ1) is 9.84. The predicted octanol–water partition coefficient (Wildman–Crippen LogP) is -3.37. The van der Waals surface area contributed by atoms with Crippen molar-refractivity contribution in [3.8, 4) is 0 Å². The van der Waals surface area contributed by atoms with Crippen molar-refractivity contribution >= 4 is 11.8 Å². The molecule has 0 saturated heterocycles. The number of ketones is 1. The number of ether oxygens (including phenoxy) is 1. The van der Waals surface area contributed by atoms with E-state index < -0.39 is 49.3 Å². The number of carbonyl (C=O) groups is 2. The van der Waals surface area contributed by atoms with Crippen LogP contribution in [0.15, 0.2) is 0 Å². The van der Waals surface area contributed by atoms with Crippen LogP contribution in [0.25, 0.3) is 0 Å². The fourth-order valence-electron chi connectivity index (χ4n) is 1.47. The predicted molar refractivity (Wildman–Crippen MR) is 72.0 cm³/mol. The van der Waals surface area contributed by atoms with E-state index in [1.54, 1.807) is 0 Å². The lowest BCUT2D eigenvalue weighted by Gasteiger charge is -2.20. The highest BCUT2D eigenvalue weighted by atomic mass is 16.5. The van der Waals surface area contributed by atoms with Gasteiger partial charge in [-0.25, -0.2) is 0 Å². The van der Waals surface area contributed by atoms with Gasteiger partial charge in [-0.3, -0.25) is 9.59 Å². The molecule has 0 heterocycles. The Bertz CT molecular complexity index is 327. The first kappa shape index (κ1) is 19.9. The van der Waals surface area contributed by atoms with Crippen molar-refractivity contribution < 1.29 is 34.8 Å². The van der Waals surface area contributed by atoms with Gasteiger partial charge in [0, 0.05) is 0 Å². The molecule has 21 heavy (non-hydrogen) atoms. The van der Waals surface area contributed by atoms with Gasteiger partial charge in [-0.1, -0.05) is 6.42 Å². The van der Waals surface area contributed by atoms with Gasteiger partial charge in [0.1, 0.15) is 24.4 Å². The summed E-state index contributed by atoms with van der Waals surface area (Å²) in [5.41, 5.74) is 10.8. The number of Topliss-reactive ketones (excluding diaryl/α,β-unsaturated/α-hetero) is 1. The van der Waals surface area contributed by atoms with E-state index in [9.17, 15) is 19.8 Å². The smallest absolute Gasteiger partial charge is 0.323 e. The van der Waals surface area contributed by atoms with Crippen LogP contribution in [0.4, 0.5) is 0 Å². The van der Waals surface area contributed by atoms with Gasteiger partial charge in [-0.05, 0) is 19.4 Å². The van der Waals surface area contributed by atoms with Crippen molar-refractivity contribution in [3.05, 3.63) is 0 Å². The van der Waals surface area contributed by atoms with E-state index in [0.717, 1.165) is 0 Å². The first-order valence-electron chi connectivity index (χ1n) is 6.65. The monoisotopic (exact) mass is 308 g/mol. The minimum absolute atomic E-state index is 0.360. The van der Waals surface area contributed by atoms with Crippen LogP contribution >= 0.6 is 0 Å². The number of aliphatic hydroxyl groups is 4. The molecule has 0 aromatic heterocycles. The number of hydrogen-bond acceptors (Lipinski definition) is 9. The summed E-state index contributed by atoms with van der Waals surface area (Å²) in [6.45, 7) is -1.12. The Morgan fingerprint density at radius 2 is 1.76 bits per heavy atom. The molecule has 0 aromatic rings. The highest BCUT2D eigenvalue weighted by Crippen LogP contribution is 2.04. The average Bonchev–Trinajstić information content (AvgIpc) is 2.49. The molecule has 4 atom stereocenters. The van der Waals surface area contributed by atoms with Crippen molar-refractivity contribution in [2.45, 2.75) is 43.6 Å². The van der Waals surface area contributed by atoms with Crippen molar-refractivity contribution in [1.82, 2.24) is 0 Å². The molecule has 0 rings (SSSR count). The van der Waals surface area contributed by atoms with Crippen LogP contribution in [0, 0.1) is 0 Å². The average molecular weight is 308 g/mol. The van der Waals surface area contributed by atoms with E-state index in [1.165, 1.54) is 0 Å². The summed E-state index contributed by atoms with van der Waals surface area (Å²) in [4.78, 5) is 22.9. The molecule has 0 bridgehead atoms. The first-order valence-corrected chi connectivity index (χ1v) is 6.65. The van der Waals surface area contributed by atoms with Crippen LogP contribution in [-0.2, 0) is 14.3 Å². The lowest BCUT2D eigenvalue weighted by atomic mass is 10.1. The number of esters is 1. The Balaban J connectivity index is 4.14. The normalized spacial score (nSPS) is 16.9. The second-order valence-electron chi connectivity index (χ2n) is 4.65. The molecule has 0 radical (unpaired) electrons. The zero-order chi connectivity index (χ0) is 16.4. The maximum Gasteiger partial charge on any atom is 0.323 e. The molecule has 0 unspecified atom stereocenters. The van der Waals surface area contributed by atoms with Crippen molar-refractivity contribution in [2.24, 2.45) is 11.5 Å². The minimum Gasteiger partial charge on any atom is -0.456 e. The Kier molecular flexibility index (Phi) is 10.0. The molecule has 0 aliphatic heterocycles. The molecular formula is C12H24N2O7. The topological polar surface area (TPSA) is 176 Å². The van der Waals surface area contributed by atoms with Crippen molar-refractivity contribution in [2.75, 3.05) is 19.8 Å². The molecule has 0 amide bonds. The lowest BCUT2D eigenvalue weighted by molar-refractivity contribution is -0.156. The van der Waals surface area contributed by atoms with Gasteiger partial charge < -0.3 is 36.6 Å². The van der Waals surface area contributed by atoms with Gasteiger partial charge in [-0.15, -0.1) is 0 Å². The van der Waals surface area contributed by atoms with Crippen LogP contribution in [0.5, 0.6) is 0 Å². The molecule has 9 nitrogen and oxygen atoms in total. The molecule has 0 saturated carbocycles. The highest BCUT2D eigenvalue weighted by Gasteiger charge is 2.30. The molecule has 0 spiro atoms. The van der Waals surface area contributed by atoms with Crippen LogP contribution in [0.1, 0.15) is 19.3 Å². The number of nitrogens with two attached hydrogens (primary N) is 2. The van der Waals surface area contributed by atoms with E-state index >= 15 is 0 Å². The van der Waals surface area contributed by atoms with Crippen molar-refractivity contribution in [1.29, 1.82) is 0 Å². The van der Waals surface area contributed by atoms with Gasteiger partial charge in [0.25, 0.3) is 0 Å². The number of aliphatic hydroxyl groups excluding tert-OH is 4. The second-order valence-corrected chi connectivity index (χ2v) is 4.65. The summed E-state index contributed by atoms with van der Waals surface area (Å²) < 4.78 is 4.62. The largest absolute Gasteiger partial charge is 0.456 e. The number of hydrogen-bond donors (Lipinski definition) is 6. The third kappa shape index (κ3) is 7.46. The number of rotatable bonds is 11. The van der Waals surface area contributed by atoms with Crippen molar-refractivity contribution in [3.63, 3.8) is 0 Å². The Morgan fingerprint density at radius 3 is 2.29 bits per heavy atom. The van der Waals surface area contributed by atoms with E-state index in [1.807, 2.05) is 0 Å². The van der Waals surface area contributed by atoms with E-state index in [-0.39, 0.29) is 0 Å². The summed E-state index contributed by atoms with van der Waals surface area (Å²) in [7, 11) is 0. The summed E-state index contributed by atoms with van der Waals surface area (Å²) >= 11 is 0. The lowest BCUT2D eigenvalue weighted by Crippen LogP contribution is -2.45. The standard InChI is InChI=1S/C12H24N2O7/c13-4-2-1-3-7(14)12(20)21-6-9(17)11(19)10(18)8(16)5-15/h7-8,10-11,15-16,18-19H,1-6,13-14H2/t7-,8+,10+,11+/m0/s1. The van der Waals surface area contributed by atoms with Crippen LogP contribution in [0.2, 0.25) is 0 Å². The Labute approximate surface area is 122 Å².